The summed E-state index contributed by atoms with van der Waals surface area (Å²) >= 11 is 0. The van der Waals surface area contributed by atoms with Crippen molar-refractivity contribution < 1.29 is 0 Å². The highest BCUT2D eigenvalue weighted by Crippen LogP contribution is 2.24. The Morgan fingerprint density at radius 2 is 0.776 bits per heavy atom. The molecule has 0 N–H and O–H groups in total. The van der Waals surface area contributed by atoms with Gasteiger partial charge in [-0.05, 0) is 146 Å². The van der Waals surface area contributed by atoms with E-state index in [9.17, 15) is 0 Å². The monoisotopic (exact) mass is 655 g/mol. The van der Waals surface area contributed by atoms with E-state index in [-0.39, 0.29) is 5.41 Å². The molecular formula is C49H66. The predicted molar refractivity (Wildman–Crippen MR) is 220 cm³/mol. The maximum atomic E-state index is 2.28. The third kappa shape index (κ3) is 15.5. The molecule has 6 rings (SSSR count). The van der Waals surface area contributed by atoms with Crippen LogP contribution in [-0.2, 0) is 18.3 Å². The van der Waals surface area contributed by atoms with Gasteiger partial charge in [0.15, 0.2) is 0 Å². The zero-order chi connectivity index (χ0) is 36.7. The van der Waals surface area contributed by atoms with Crippen LogP contribution < -0.4 is 0 Å². The molecule has 0 saturated heterocycles. The summed E-state index contributed by atoms with van der Waals surface area (Å²) < 4.78 is 0. The molecule has 1 aliphatic carbocycles. The zero-order valence-corrected chi connectivity index (χ0v) is 33.6. The van der Waals surface area contributed by atoms with E-state index in [0.29, 0.717) is 0 Å². The predicted octanol–water partition coefficient (Wildman–Crippen LogP) is 14.0. The Labute approximate surface area is 302 Å². The van der Waals surface area contributed by atoms with Crippen LogP contribution in [0.25, 0.3) is 0 Å². The fourth-order valence-electron chi connectivity index (χ4n) is 6.12. The first kappa shape index (κ1) is 41.3. The van der Waals surface area contributed by atoms with Crippen molar-refractivity contribution in [2.24, 2.45) is 0 Å². The molecule has 5 aromatic carbocycles. The van der Waals surface area contributed by atoms with Crippen LogP contribution in [0.15, 0.2) is 97.1 Å². The molecule has 0 spiro atoms. The summed E-state index contributed by atoms with van der Waals surface area (Å²) in [5.74, 6) is 0. The van der Waals surface area contributed by atoms with Crippen molar-refractivity contribution in [3.8, 4) is 0 Å². The van der Waals surface area contributed by atoms with Gasteiger partial charge in [0.2, 0.25) is 0 Å². The smallest absolute Gasteiger partial charge is 0.0132 e. The van der Waals surface area contributed by atoms with E-state index >= 15 is 0 Å². The van der Waals surface area contributed by atoms with Gasteiger partial charge < -0.3 is 0 Å². The third-order valence-corrected chi connectivity index (χ3v) is 9.20. The number of aryl methyl sites for hydroxylation is 11. The minimum Gasteiger partial charge on any atom is -0.0617 e. The second-order valence-electron chi connectivity index (χ2n) is 15.4. The van der Waals surface area contributed by atoms with Gasteiger partial charge in [-0.15, -0.1) is 0 Å². The van der Waals surface area contributed by atoms with Crippen LogP contribution in [0.1, 0.15) is 112 Å². The zero-order valence-electron chi connectivity index (χ0n) is 33.6. The Bertz CT molecular complexity index is 1610. The van der Waals surface area contributed by atoms with Gasteiger partial charge in [-0.1, -0.05) is 157 Å². The minimum absolute atomic E-state index is 0.285. The maximum Gasteiger partial charge on any atom is -0.0132 e. The number of rotatable bonds is 0. The molecule has 0 unspecified atom stereocenters. The van der Waals surface area contributed by atoms with E-state index in [2.05, 4.69) is 194 Å². The van der Waals surface area contributed by atoms with Crippen LogP contribution in [0, 0.1) is 76.2 Å². The Morgan fingerprint density at radius 3 is 1.18 bits per heavy atom. The van der Waals surface area contributed by atoms with Crippen LogP contribution in [0.3, 0.4) is 0 Å². The van der Waals surface area contributed by atoms with Crippen molar-refractivity contribution in [3.63, 3.8) is 0 Å². The van der Waals surface area contributed by atoms with Crippen molar-refractivity contribution in [1.82, 2.24) is 0 Å². The third-order valence-electron chi connectivity index (χ3n) is 9.20. The standard InChI is InChI=1S/C11H14.C11H16.C10H14.C9H12.C8H10/c1-9-5-4-7-10-6-2-3-8-11(9)10;1-9-5-7-10(8-6-9)11(2,3)4;1-7-5-8(2)10(4)9(3)6-7;1-7-4-8(2)6-9(3)5-7;1-7-3-5-8(2)6-4-7/h4-5,7H,2-3,6,8H2,1H3;5-8H,1-4H3;5-6H,1-4H3;4-6H,1-3H3;3-6H,1-2H3. The van der Waals surface area contributed by atoms with E-state index < -0.39 is 0 Å². The molecule has 1 aliphatic rings. The molecule has 0 bridgehead atoms. The normalized spacial score (nSPS) is 11.6. The average molecular weight is 655 g/mol. The number of hydrogen-bond donors (Lipinski definition) is 0. The lowest BCUT2D eigenvalue weighted by atomic mass is 9.87. The number of benzene rings is 5. The Balaban J connectivity index is 0.000000214. The van der Waals surface area contributed by atoms with Crippen LogP contribution in [0.4, 0.5) is 0 Å². The summed E-state index contributed by atoms with van der Waals surface area (Å²) in [4.78, 5) is 0. The summed E-state index contributed by atoms with van der Waals surface area (Å²) in [6.07, 6.45) is 5.38. The molecule has 5 aromatic rings. The summed E-state index contributed by atoms with van der Waals surface area (Å²) in [5, 5.41) is 0. The van der Waals surface area contributed by atoms with Gasteiger partial charge in [0.1, 0.15) is 0 Å². The van der Waals surface area contributed by atoms with Crippen LogP contribution in [0.2, 0.25) is 0 Å². The minimum atomic E-state index is 0.285. The molecule has 0 saturated carbocycles. The molecule has 0 amide bonds. The molecular weight excluding hydrogens is 589 g/mol. The van der Waals surface area contributed by atoms with Gasteiger partial charge in [-0.2, -0.15) is 0 Å². The molecule has 49 heavy (non-hydrogen) atoms. The average Bonchev–Trinajstić information content (AvgIpc) is 3.02. The first-order valence-electron chi connectivity index (χ1n) is 18.2. The summed E-state index contributed by atoms with van der Waals surface area (Å²) in [5.41, 5.74) is 20.0. The molecule has 0 nitrogen and oxygen atoms in total. The fraction of sp³-hybridized carbons (Fsp3) is 0.388. The molecule has 0 fully saturated rings. The van der Waals surface area contributed by atoms with E-state index in [4.69, 9.17) is 0 Å². The Hall–Kier alpha value is -3.90. The van der Waals surface area contributed by atoms with Crippen LogP contribution >= 0.6 is 0 Å². The fourth-order valence-corrected chi connectivity index (χ4v) is 6.12. The van der Waals surface area contributed by atoms with E-state index in [1.807, 2.05) is 0 Å². The SMILES string of the molecule is Cc1cc(C)c(C)c(C)c1.Cc1cc(C)cc(C)c1.Cc1ccc(C(C)(C)C)cc1.Cc1ccc(C)cc1.Cc1cccc2c1CCCC2. The Morgan fingerprint density at radius 1 is 0.388 bits per heavy atom. The second kappa shape index (κ2) is 19.9. The van der Waals surface area contributed by atoms with Crippen LogP contribution in [-0.4, -0.2) is 0 Å². The van der Waals surface area contributed by atoms with Gasteiger partial charge in [0.25, 0.3) is 0 Å². The lowest BCUT2D eigenvalue weighted by Crippen LogP contribution is -2.10. The highest BCUT2D eigenvalue weighted by molar-refractivity contribution is 5.37. The lowest BCUT2D eigenvalue weighted by molar-refractivity contribution is 0.590. The molecule has 0 radical (unpaired) electrons. The molecule has 0 heterocycles. The number of hydrogen-bond acceptors (Lipinski definition) is 0. The maximum absolute atomic E-state index is 2.28. The van der Waals surface area contributed by atoms with Crippen molar-refractivity contribution in [2.45, 2.75) is 128 Å². The molecule has 0 heteroatoms. The van der Waals surface area contributed by atoms with Gasteiger partial charge in [-0.3, -0.25) is 0 Å². The van der Waals surface area contributed by atoms with Gasteiger partial charge in [0.05, 0.1) is 0 Å². The Kier molecular flexibility index (Phi) is 16.8. The van der Waals surface area contributed by atoms with Crippen LogP contribution in [0.5, 0.6) is 0 Å². The van der Waals surface area contributed by atoms with E-state index in [1.54, 1.807) is 11.1 Å². The summed E-state index contributed by atoms with van der Waals surface area (Å²) in [6.45, 7) is 30.2. The first-order chi connectivity index (χ1) is 23.0. The second-order valence-corrected chi connectivity index (χ2v) is 15.4. The van der Waals surface area contributed by atoms with E-state index in [1.165, 1.54) is 92.4 Å². The summed E-state index contributed by atoms with van der Waals surface area (Å²) in [6, 6.07) is 34.9. The molecule has 0 aromatic heterocycles. The van der Waals surface area contributed by atoms with Crippen molar-refractivity contribution >= 4 is 0 Å². The molecule has 0 aliphatic heterocycles. The van der Waals surface area contributed by atoms with Gasteiger partial charge in [0, 0.05) is 0 Å². The topological polar surface area (TPSA) is 0 Å². The van der Waals surface area contributed by atoms with Crippen molar-refractivity contribution in [1.29, 1.82) is 0 Å². The lowest BCUT2D eigenvalue weighted by Gasteiger charge is -2.18. The first-order valence-corrected chi connectivity index (χ1v) is 18.2. The van der Waals surface area contributed by atoms with Gasteiger partial charge in [-0.25, -0.2) is 0 Å². The molecule has 262 valence electrons. The largest absolute Gasteiger partial charge is 0.0617 e. The molecule has 0 atom stereocenters. The van der Waals surface area contributed by atoms with E-state index in [0.717, 1.165) is 0 Å². The van der Waals surface area contributed by atoms with Crippen molar-refractivity contribution in [2.75, 3.05) is 0 Å². The van der Waals surface area contributed by atoms with Gasteiger partial charge >= 0.3 is 0 Å². The quantitative estimate of drug-likeness (QED) is 0.156. The van der Waals surface area contributed by atoms with Crippen molar-refractivity contribution in [3.05, 3.63) is 175 Å². The highest BCUT2D eigenvalue weighted by atomic mass is 14.2. The highest BCUT2D eigenvalue weighted by Gasteiger charge is 2.12. The summed E-state index contributed by atoms with van der Waals surface area (Å²) in [7, 11) is 0. The number of fused-ring (bicyclic) bond motifs is 1.